The molecule has 1 fully saturated rings. The van der Waals surface area contributed by atoms with E-state index in [1.165, 1.54) is 0 Å². The van der Waals surface area contributed by atoms with Crippen LogP contribution in [0.2, 0.25) is 5.02 Å². The second-order valence-corrected chi connectivity index (χ2v) is 4.90. The Morgan fingerprint density at radius 2 is 2.21 bits per heavy atom. The third-order valence-electron chi connectivity index (χ3n) is 3.15. The number of hydrogen-bond donors (Lipinski definition) is 2. The lowest BCUT2D eigenvalue weighted by molar-refractivity contribution is 0.0497. The third kappa shape index (κ3) is 3.75. The molecule has 0 bridgehead atoms. The van der Waals surface area contributed by atoms with Crippen molar-refractivity contribution >= 4 is 17.4 Å². The smallest absolute Gasteiger partial charge is 0.171 e. The second kappa shape index (κ2) is 6.63. The van der Waals surface area contributed by atoms with Crippen molar-refractivity contribution in [2.75, 3.05) is 19.8 Å². The normalized spacial score (nSPS) is 17.4. The van der Waals surface area contributed by atoms with Crippen molar-refractivity contribution in [2.24, 2.45) is 16.8 Å². The number of hydrogen-bond acceptors (Lipinski definition) is 4. The molecule has 0 amide bonds. The number of nitrogens with zero attached hydrogens (tertiary/aromatic N) is 1. The molecule has 0 unspecified atom stereocenters. The van der Waals surface area contributed by atoms with Gasteiger partial charge in [0.25, 0.3) is 0 Å². The predicted molar refractivity (Wildman–Crippen MR) is 73.0 cm³/mol. The summed E-state index contributed by atoms with van der Waals surface area (Å²) in [5.74, 6) is 1.20. The largest absolute Gasteiger partial charge is 0.493 e. The van der Waals surface area contributed by atoms with E-state index in [2.05, 4.69) is 5.16 Å². The first kappa shape index (κ1) is 14.0. The Morgan fingerprint density at radius 1 is 1.47 bits per heavy atom. The summed E-state index contributed by atoms with van der Waals surface area (Å²) in [4.78, 5) is 0. The highest BCUT2D eigenvalue weighted by Crippen LogP contribution is 2.24. The molecule has 104 valence electrons. The van der Waals surface area contributed by atoms with Gasteiger partial charge < -0.3 is 20.4 Å². The molecule has 1 aliphatic heterocycles. The molecule has 0 spiro atoms. The molecule has 1 saturated heterocycles. The molecule has 1 heterocycles. The van der Waals surface area contributed by atoms with E-state index < -0.39 is 0 Å². The number of oxime groups is 1. The summed E-state index contributed by atoms with van der Waals surface area (Å²) in [6.45, 7) is 2.26. The second-order valence-electron chi connectivity index (χ2n) is 4.49. The lowest BCUT2D eigenvalue weighted by Gasteiger charge is -2.22. The molecule has 0 atom stereocenters. The van der Waals surface area contributed by atoms with Crippen LogP contribution < -0.4 is 10.5 Å². The van der Waals surface area contributed by atoms with Gasteiger partial charge in [-0.05, 0) is 37.0 Å². The van der Waals surface area contributed by atoms with E-state index in [-0.39, 0.29) is 5.84 Å². The number of rotatable bonds is 4. The van der Waals surface area contributed by atoms with Gasteiger partial charge in [-0.2, -0.15) is 0 Å². The summed E-state index contributed by atoms with van der Waals surface area (Å²) in [6, 6.07) is 5.11. The zero-order valence-electron chi connectivity index (χ0n) is 10.5. The van der Waals surface area contributed by atoms with E-state index in [4.69, 9.17) is 32.0 Å². The van der Waals surface area contributed by atoms with Gasteiger partial charge in [0.2, 0.25) is 0 Å². The van der Waals surface area contributed by atoms with Gasteiger partial charge >= 0.3 is 0 Å². The van der Waals surface area contributed by atoms with Crippen LogP contribution in [0.25, 0.3) is 0 Å². The lowest BCUT2D eigenvalue weighted by Crippen LogP contribution is -2.21. The van der Waals surface area contributed by atoms with Crippen molar-refractivity contribution in [3.05, 3.63) is 28.8 Å². The summed E-state index contributed by atoms with van der Waals surface area (Å²) in [5.41, 5.74) is 5.99. The molecular formula is C13H17ClN2O3. The van der Waals surface area contributed by atoms with Gasteiger partial charge in [0.15, 0.2) is 5.84 Å². The van der Waals surface area contributed by atoms with Crippen molar-refractivity contribution in [1.82, 2.24) is 0 Å². The van der Waals surface area contributed by atoms with Gasteiger partial charge in [0.05, 0.1) is 11.6 Å². The van der Waals surface area contributed by atoms with Gasteiger partial charge in [0, 0.05) is 18.8 Å². The van der Waals surface area contributed by atoms with Crippen LogP contribution in [0, 0.1) is 5.92 Å². The Labute approximate surface area is 116 Å². The molecule has 1 aromatic carbocycles. The Balaban J connectivity index is 1.96. The summed E-state index contributed by atoms with van der Waals surface area (Å²) in [5, 5.41) is 11.9. The Hall–Kier alpha value is -1.46. The molecule has 0 aliphatic carbocycles. The van der Waals surface area contributed by atoms with Crippen LogP contribution in [0.5, 0.6) is 5.75 Å². The molecule has 19 heavy (non-hydrogen) atoms. The molecule has 0 aromatic heterocycles. The van der Waals surface area contributed by atoms with Crippen molar-refractivity contribution in [3.8, 4) is 5.75 Å². The van der Waals surface area contributed by atoms with E-state index >= 15 is 0 Å². The molecule has 5 nitrogen and oxygen atoms in total. The fourth-order valence-corrected chi connectivity index (χ4v) is 2.24. The summed E-state index contributed by atoms with van der Waals surface area (Å²) >= 11 is 6.05. The van der Waals surface area contributed by atoms with Crippen LogP contribution in [0.1, 0.15) is 18.4 Å². The topological polar surface area (TPSA) is 77.1 Å². The van der Waals surface area contributed by atoms with Crippen LogP contribution in [-0.2, 0) is 4.74 Å². The van der Waals surface area contributed by atoms with Crippen molar-refractivity contribution in [2.45, 2.75) is 12.8 Å². The SMILES string of the molecule is NC(=NO)c1ccc(OCC2CCOCC2)cc1Cl. The number of nitrogens with two attached hydrogens (primary N) is 1. The highest BCUT2D eigenvalue weighted by atomic mass is 35.5. The predicted octanol–water partition coefficient (Wildman–Crippen LogP) is 2.24. The quantitative estimate of drug-likeness (QED) is 0.385. The standard InChI is InChI=1S/C13H17ClN2O3/c14-12-7-10(1-2-11(12)13(15)16-17)19-8-9-3-5-18-6-4-9/h1-2,7,9,17H,3-6,8H2,(H2,15,16). The van der Waals surface area contributed by atoms with Crippen molar-refractivity contribution < 1.29 is 14.7 Å². The number of benzene rings is 1. The maximum Gasteiger partial charge on any atom is 0.171 e. The summed E-state index contributed by atoms with van der Waals surface area (Å²) < 4.78 is 11.0. The zero-order chi connectivity index (χ0) is 13.7. The minimum Gasteiger partial charge on any atom is -0.493 e. The van der Waals surface area contributed by atoms with Gasteiger partial charge in [-0.1, -0.05) is 16.8 Å². The average Bonchev–Trinajstić information content (AvgIpc) is 2.45. The van der Waals surface area contributed by atoms with Gasteiger partial charge in [0.1, 0.15) is 5.75 Å². The first-order valence-corrected chi connectivity index (χ1v) is 6.56. The highest BCUT2D eigenvalue weighted by molar-refractivity contribution is 6.34. The minimum absolute atomic E-state index is 0.0130. The maximum atomic E-state index is 8.62. The third-order valence-corrected chi connectivity index (χ3v) is 3.46. The first-order valence-electron chi connectivity index (χ1n) is 6.18. The van der Waals surface area contributed by atoms with E-state index in [1.54, 1.807) is 18.2 Å². The van der Waals surface area contributed by atoms with E-state index in [0.29, 0.717) is 28.9 Å². The van der Waals surface area contributed by atoms with Crippen LogP contribution >= 0.6 is 11.6 Å². The molecule has 6 heteroatoms. The Kier molecular flexibility index (Phi) is 4.87. The van der Waals surface area contributed by atoms with Crippen LogP contribution in [0.3, 0.4) is 0 Å². The van der Waals surface area contributed by atoms with Gasteiger partial charge in [-0.3, -0.25) is 0 Å². The first-order chi connectivity index (χ1) is 9.20. The average molecular weight is 285 g/mol. The fraction of sp³-hybridized carbons (Fsp3) is 0.462. The zero-order valence-corrected chi connectivity index (χ0v) is 11.3. The number of ether oxygens (including phenoxy) is 2. The van der Waals surface area contributed by atoms with Gasteiger partial charge in [-0.25, -0.2) is 0 Å². The van der Waals surface area contributed by atoms with Crippen LogP contribution in [0.15, 0.2) is 23.4 Å². The van der Waals surface area contributed by atoms with Crippen molar-refractivity contribution in [1.29, 1.82) is 0 Å². The van der Waals surface area contributed by atoms with E-state index in [0.717, 1.165) is 26.1 Å². The fourth-order valence-electron chi connectivity index (χ4n) is 1.97. The van der Waals surface area contributed by atoms with E-state index in [9.17, 15) is 0 Å². The summed E-state index contributed by atoms with van der Waals surface area (Å²) in [7, 11) is 0. The van der Waals surface area contributed by atoms with Crippen LogP contribution in [-0.4, -0.2) is 30.9 Å². The Bertz CT molecular complexity index is 459. The molecular weight excluding hydrogens is 268 g/mol. The Morgan fingerprint density at radius 3 is 2.84 bits per heavy atom. The van der Waals surface area contributed by atoms with Gasteiger partial charge in [-0.15, -0.1) is 0 Å². The van der Waals surface area contributed by atoms with E-state index in [1.807, 2.05) is 0 Å². The molecule has 1 aliphatic rings. The number of halogens is 1. The molecule has 1 aromatic rings. The molecule has 0 saturated carbocycles. The highest BCUT2D eigenvalue weighted by Gasteiger charge is 2.15. The monoisotopic (exact) mass is 284 g/mol. The van der Waals surface area contributed by atoms with Crippen LogP contribution in [0.4, 0.5) is 0 Å². The lowest BCUT2D eigenvalue weighted by atomic mass is 10.0. The maximum absolute atomic E-state index is 8.62. The van der Waals surface area contributed by atoms with Crippen molar-refractivity contribution in [3.63, 3.8) is 0 Å². The number of amidine groups is 1. The molecule has 3 N–H and O–H groups in total. The molecule has 0 radical (unpaired) electrons. The minimum atomic E-state index is -0.0130. The molecule has 2 rings (SSSR count). The summed E-state index contributed by atoms with van der Waals surface area (Å²) in [6.07, 6.45) is 2.05.